The normalized spacial score (nSPS) is 18.2. The molecular weight excluding hydrogens is 896 g/mol. The number of hydrogen-bond acceptors (Lipinski definition) is 14. The fourth-order valence-electron chi connectivity index (χ4n) is 9.30. The topological polar surface area (TPSA) is 182 Å². The molecule has 67 heavy (non-hydrogen) atoms. The van der Waals surface area contributed by atoms with E-state index in [1.807, 2.05) is 12.1 Å². The zero-order chi connectivity index (χ0) is 47.4. The molecule has 3 N–H and O–H groups in total. The third-order valence-electron chi connectivity index (χ3n) is 13.2. The molecule has 0 spiro atoms. The van der Waals surface area contributed by atoms with Crippen LogP contribution in [0.3, 0.4) is 0 Å². The number of carbonyl (C=O) groups is 3. The van der Waals surface area contributed by atoms with E-state index in [0.717, 1.165) is 98.0 Å². The molecule has 3 saturated heterocycles. The minimum absolute atomic E-state index is 0.187. The van der Waals surface area contributed by atoms with Gasteiger partial charge in [-0.1, -0.05) is 36.4 Å². The number of benzene rings is 3. The van der Waals surface area contributed by atoms with Gasteiger partial charge >= 0.3 is 0 Å². The Hall–Kier alpha value is -6.13. The molecule has 0 aliphatic carbocycles. The van der Waals surface area contributed by atoms with Crippen LogP contribution in [-0.2, 0) is 32.6 Å². The van der Waals surface area contributed by atoms with Crippen LogP contribution in [-0.4, -0.2) is 136 Å². The van der Waals surface area contributed by atoms with E-state index < -0.39 is 22.0 Å². The Kier molecular flexibility index (Phi) is 14.4. The lowest BCUT2D eigenvalue weighted by Gasteiger charge is -2.43. The molecular formula is C48H57ClN10O7S. The van der Waals surface area contributed by atoms with Gasteiger partial charge in [0.25, 0.3) is 5.91 Å². The number of carbonyl (C=O) groups excluding carboxylic acids is 3. The van der Waals surface area contributed by atoms with Crippen molar-refractivity contribution in [3.63, 3.8) is 0 Å². The minimum Gasteiger partial charge on any atom is -0.497 e. The van der Waals surface area contributed by atoms with Crippen LogP contribution in [0.4, 0.5) is 34.5 Å². The van der Waals surface area contributed by atoms with E-state index in [0.29, 0.717) is 59.6 Å². The Morgan fingerprint density at radius 2 is 1.73 bits per heavy atom. The van der Waals surface area contributed by atoms with Crippen LogP contribution < -0.4 is 34.6 Å². The third kappa shape index (κ3) is 10.5. The van der Waals surface area contributed by atoms with Crippen LogP contribution in [0, 0.1) is 11.8 Å². The number of ether oxygens (including phenoxy) is 2. The van der Waals surface area contributed by atoms with Crippen LogP contribution >= 0.6 is 11.6 Å². The molecule has 4 aliphatic heterocycles. The van der Waals surface area contributed by atoms with Gasteiger partial charge in [-0.3, -0.25) is 33.8 Å². The molecule has 0 saturated carbocycles. The monoisotopic (exact) mass is 952 g/mol. The van der Waals surface area contributed by atoms with Crippen molar-refractivity contribution >= 4 is 73.9 Å². The van der Waals surface area contributed by atoms with Gasteiger partial charge in [0.1, 0.15) is 22.6 Å². The Balaban J connectivity index is 0.839. The van der Waals surface area contributed by atoms with Crippen LogP contribution in [0.15, 0.2) is 54.7 Å². The SMILES string of the molecule is CCc1cc(Nc2ncc(Cl)c(Nc3ccc(OC)cc3N(C)S(C)(=O)=O)n2)c(OC)cc1N1CCC(N2CCN(CCC#Cc3cccc4c3CN(C3CCC(=O)NC3=O)C4=O)CC2)CC1. The molecule has 4 aliphatic rings. The maximum Gasteiger partial charge on any atom is 0.255 e. The second-order valence-corrected chi connectivity index (χ2v) is 19.6. The Morgan fingerprint density at radius 3 is 2.43 bits per heavy atom. The first kappa shape index (κ1) is 47.4. The largest absolute Gasteiger partial charge is 0.497 e. The number of imide groups is 1. The molecule has 1 atom stereocenters. The summed E-state index contributed by atoms with van der Waals surface area (Å²) in [5, 5.41) is 9.11. The summed E-state index contributed by atoms with van der Waals surface area (Å²) in [5.41, 5.74) is 6.07. The summed E-state index contributed by atoms with van der Waals surface area (Å²) in [4.78, 5) is 55.6. The lowest BCUT2D eigenvalue weighted by Crippen LogP contribution is -2.53. The number of hydrogen-bond donors (Lipinski definition) is 3. The first-order valence-electron chi connectivity index (χ1n) is 22.6. The summed E-state index contributed by atoms with van der Waals surface area (Å²) < 4.78 is 37.4. The minimum atomic E-state index is -3.59. The predicted octanol–water partition coefficient (Wildman–Crippen LogP) is 5.38. The quantitative estimate of drug-likeness (QED) is 0.108. The number of piperazine rings is 1. The van der Waals surface area contributed by atoms with E-state index in [-0.39, 0.29) is 35.0 Å². The number of halogens is 1. The van der Waals surface area contributed by atoms with Crippen molar-refractivity contribution in [2.45, 2.75) is 64.1 Å². The Morgan fingerprint density at radius 1 is 0.955 bits per heavy atom. The number of methoxy groups -OCH3 is 2. The maximum atomic E-state index is 13.2. The molecule has 354 valence electrons. The number of rotatable bonds is 14. The second kappa shape index (κ2) is 20.4. The highest BCUT2D eigenvalue weighted by atomic mass is 35.5. The molecule has 0 bridgehead atoms. The van der Waals surface area contributed by atoms with Crippen LogP contribution in [0.2, 0.25) is 5.02 Å². The summed E-state index contributed by atoms with van der Waals surface area (Å²) >= 11 is 6.56. The third-order valence-corrected chi connectivity index (χ3v) is 14.6. The summed E-state index contributed by atoms with van der Waals surface area (Å²) in [5.74, 6) is 7.44. The second-order valence-electron chi connectivity index (χ2n) is 17.2. The number of nitrogens with one attached hydrogen (secondary N) is 3. The molecule has 1 unspecified atom stereocenters. The Bertz CT molecular complexity index is 2710. The van der Waals surface area contributed by atoms with Crippen molar-refractivity contribution in [2.75, 3.05) is 93.2 Å². The fraction of sp³-hybridized carbons (Fsp3) is 0.438. The van der Waals surface area contributed by atoms with Crippen molar-refractivity contribution in [3.05, 3.63) is 82.0 Å². The van der Waals surface area contributed by atoms with Crippen LogP contribution in [0.1, 0.15) is 66.1 Å². The number of amides is 3. The summed E-state index contributed by atoms with van der Waals surface area (Å²) in [6, 6.07) is 14.6. The lowest BCUT2D eigenvalue weighted by atomic mass is 9.99. The summed E-state index contributed by atoms with van der Waals surface area (Å²) in [6.07, 6.45) is 6.81. The molecule has 17 nitrogen and oxygen atoms in total. The van der Waals surface area contributed by atoms with E-state index in [1.165, 1.54) is 20.4 Å². The lowest BCUT2D eigenvalue weighted by molar-refractivity contribution is -0.136. The molecule has 0 radical (unpaired) electrons. The number of nitrogens with zero attached hydrogens (tertiary/aromatic N) is 7. The van der Waals surface area contributed by atoms with E-state index in [1.54, 1.807) is 36.3 Å². The molecule has 3 amide bonds. The van der Waals surface area contributed by atoms with Gasteiger partial charge in [-0.2, -0.15) is 4.98 Å². The highest BCUT2D eigenvalue weighted by Crippen LogP contribution is 2.39. The van der Waals surface area contributed by atoms with Crippen molar-refractivity contribution in [2.24, 2.45) is 0 Å². The van der Waals surface area contributed by atoms with Crippen molar-refractivity contribution in [1.29, 1.82) is 0 Å². The highest BCUT2D eigenvalue weighted by molar-refractivity contribution is 7.92. The Labute approximate surface area is 397 Å². The predicted molar refractivity (Wildman–Crippen MR) is 259 cm³/mol. The molecule has 8 rings (SSSR count). The summed E-state index contributed by atoms with van der Waals surface area (Å²) in [6.45, 7) is 9.20. The number of aryl methyl sites for hydroxylation is 1. The van der Waals surface area contributed by atoms with Crippen molar-refractivity contribution < 1.29 is 32.3 Å². The van der Waals surface area contributed by atoms with Gasteiger partial charge in [0, 0.05) is 107 Å². The van der Waals surface area contributed by atoms with Crippen LogP contribution in [0.25, 0.3) is 0 Å². The number of piperidine rings is 2. The van der Waals surface area contributed by atoms with Gasteiger partial charge in [-0.25, -0.2) is 13.4 Å². The molecule has 19 heteroatoms. The number of anilines is 6. The van der Waals surface area contributed by atoms with E-state index in [4.69, 9.17) is 21.1 Å². The highest BCUT2D eigenvalue weighted by Gasteiger charge is 2.40. The van der Waals surface area contributed by atoms with E-state index in [9.17, 15) is 22.8 Å². The van der Waals surface area contributed by atoms with Gasteiger partial charge < -0.3 is 29.9 Å². The van der Waals surface area contributed by atoms with Gasteiger partial charge in [0.15, 0.2) is 5.82 Å². The zero-order valence-electron chi connectivity index (χ0n) is 38.5. The van der Waals surface area contributed by atoms with Gasteiger partial charge in [0.05, 0.1) is 43.7 Å². The van der Waals surface area contributed by atoms with Crippen molar-refractivity contribution in [3.8, 4) is 23.3 Å². The van der Waals surface area contributed by atoms with Gasteiger partial charge in [-0.05, 0) is 67.1 Å². The van der Waals surface area contributed by atoms with Crippen LogP contribution in [0.5, 0.6) is 11.5 Å². The standard InChI is InChI=1S/C48H57ClN10O7S/c1-6-31-26-39(52-48-50-29-37(49)45(54-48)51-38-14-13-34(65-3)27-42(38)55(2)67(5,63)64)43(66-4)28-41(31)58-20-17-33(18-21-58)57-24-22-56(23-25-57)19-8-7-10-32-11-9-12-35-36(32)30-59(47(35)62)40-15-16-44(60)53-46(40)61/h9,11-14,26-29,33,40H,6,8,15-25,30H2,1-5H3,(H,53,60,61)(H2,50,51,52,54). The van der Waals surface area contributed by atoms with E-state index in [2.05, 4.69) is 71.5 Å². The van der Waals surface area contributed by atoms with Crippen molar-refractivity contribution in [1.82, 2.24) is 30.0 Å². The van der Waals surface area contributed by atoms with Gasteiger partial charge in [0.2, 0.25) is 27.8 Å². The number of fused-ring (bicyclic) bond motifs is 1. The molecule has 1 aromatic heterocycles. The summed E-state index contributed by atoms with van der Waals surface area (Å²) in [7, 11) is 1.03. The average molecular weight is 954 g/mol. The van der Waals surface area contributed by atoms with Gasteiger partial charge in [-0.15, -0.1) is 0 Å². The smallest absolute Gasteiger partial charge is 0.255 e. The number of sulfonamides is 1. The van der Waals surface area contributed by atoms with E-state index >= 15 is 0 Å². The fourth-order valence-corrected chi connectivity index (χ4v) is 9.95. The molecule has 3 aromatic carbocycles. The average Bonchev–Trinajstić information content (AvgIpc) is 3.67. The molecule has 5 heterocycles. The first-order valence-corrected chi connectivity index (χ1v) is 24.8. The maximum absolute atomic E-state index is 13.2. The first-order chi connectivity index (χ1) is 32.2. The molecule has 4 aromatic rings. The zero-order valence-corrected chi connectivity index (χ0v) is 40.1. The number of aromatic nitrogens is 2. The molecule has 3 fully saturated rings.